The molecule has 2 aromatic rings. The fourth-order valence-electron chi connectivity index (χ4n) is 8.20. The number of benzene rings is 2. The maximum Gasteiger partial charge on any atom is 0.115 e. The van der Waals surface area contributed by atoms with E-state index >= 15 is 0 Å². The Morgan fingerprint density at radius 1 is 0.825 bits per heavy atom. The molecule has 3 aliphatic carbocycles. The van der Waals surface area contributed by atoms with Gasteiger partial charge in [0.15, 0.2) is 0 Å². The number of hydrogen-bond acceptors (Lipinski definition) is 5. The Morgan fingerprint density at radius 3 is 2.40 bits per heavy atom. The molecule has 2 N–H and O–H groups in total. The lowest BCUT2D eigenvalue weighted by Crippen LogP contribution is -2.47. The summed E-state index contributed by atoms with van der Waals surface area (Å²) in [5.41, 5.74) is 4.12. The molecule has 6 unspecified atom stereocenters. The van der Waals surface area contributed by atoms with Crippen molar-refractivity contribution in [3.05, 3.63) is 65.2 Å². The lowest BCUT2D eigenvalue weighted by Gasteiger charge is -2.53. The van der Waals surface area contributed by atoms with Crippen LogP contribution in [0.25, 0.3) is 0 Å². The zero-order valence-corrected chi connectivity index (χ0v) is 24.4. The van der Waals surface area contributed by atoms with Crippen molar-refractivity contribution in [3.8, 4) is 5.75 Å². The Morgan fingerprint density at radius 2 is 1.57 bits per heavy atom. The molecule has 5 rings (SSSR count). The number of aliphatic hydroxyl groups is 1. The van der Waals surface area contributed by atoms with Gasteiger partial charge in [0, 0.05) is 6.61 Å². The number of aliphatic hydroxyl groups excluding tert-OH is 1. The molecule has 5 heteroatoms. The highest BCUT2D eigenvalue weighted by atomic mass is 16.5. The second-order valence-corrected chi connectivity index (χ2v) is 12.7. The second kappa shape index (κ2) is 14.3. The molecule has 220 valence electrons. The molecule has 0 bridgehead atoms. The molecule has 0 spiro atoms. The van der Waals surface area contributed by atoms with Gasteiger partial charge in [-0.3, -0.25) is 0 Å². The molecule has 2 aromatic carbocycles. The average Bonchev–Trinajstić information content (AvgIpc) is 3.27. The van der Waals surface area contributed by atoms with E-state index in [0.717, 1.165) is 32.3 Å². The van der Waals surface area contributed by atoms with Gasteiger partial charge in [0.25, 0.3) is 0 Å². The zero-order chi connectivity index (χ0) is 27.8. The highest BCUT2D eigenvalue weighted by Gasteiger charge is 2.56. The van der Waals surface area contributed by atoms with Gasteiger partial charge < -0.3 is 24.4 Å². The fourth-order valence-corrected chi connectivity index (χ4v) is 8.20. The first-order valence-electron chi connectivity index (χ1n) is 15.8. The summed E-state index contributed by atoms with van der Waals surface area (Å²) in [6.45, 7) is 6.25. The highest BCUT2D eigenvalue weighted by Crippen LogP contribution is 2.62. The molecular formula is C35H50O5. The van der Waals surface area contributed by atoms with Gasteiger partial charge in [-0.05, 0) is 103 Å². The first-order valence-corrected chi connectivity index (χ1v) is 15.8. The summed E-state index contributed by atoms with van der Waals surface area (Å²) in [4.78, 5) is 0. The van der Waals surface area contributed by atoms with Crippen LogP contribution in [0, 0.1) is 23.2 Å². The molecule has 0 saturated heterocycles. The number of rotatable bonds is 15. The standard InChI is InChI=1S/C35H50O5/c1-35-17-16-31-30-13-12-29(36)24-28(30)23-27(34(31)32(35)14-15-33(35)37)11-7-2-3-8-18-38-19-20-39-21-22-40-25-26-9-5-4-6-10-26/h4-6,9-10,12-13,24,27,31-34,36-37H,2-3,7-8,11,14-23,25H2,1H3. The quantitative estimate of drug-likeness (QED) is 0.233. The second-order valence-electron chi connectivity index (χ2n) is 12.7. The van der Waals surface area contributed by atoms with Crippen LogP contribution in [0.1, 0.15) is 87.3 Å². The van der Waals surface area contributed by atoms with Crippen molar-refractivity contribution in [2.24, 2.45) is 23.2 Å². The summed E-state index contributed by atoms with van der Waals surface area (Å²) in [7, 11) is 0. The van der Waals surface area contributed by atoms with Crippen molar-refractivity contribution in [3.63, 3.8) is 0 Å². The Bertz CT molecular complexity index is 1040. The van der Waals surface area contributed by atoms with E-state index in [9.17, 15) is 10.2 Å². The van der Waals surface area contributed by atoms with E-state index < -0.39 is 0 Å². The summed E-state index contributed by atoms with van der Waals surface area (Å²) < 4.78 is 17.0. The predicted octanol–water partition coefficient (Wildman–Crippen LogP) is 7.04. The number of ether oxygens (including phenoxy) is 3. The molecule has 5 nitrogen and oxygen atoms in total. The average molecular weight is 551 g/mol. The van der Waals surface area contributed by atoms with Crippen LogP contribution in [0.2, 0.25) is 0 Å². The first kappa shape index (κ1) is 29.6. The molecule has 0 amide bonds. The molecule has 0 aromatic heterocycles. The number of phenols is 1. The summed E-state index contributed by atoms with van der Waals surface area (Å²) >= 11 is 0. The van der Waals surface area contributed by atoms with E-state index in [1.165, 1.54) is 55.2 Å². The zero-order valence-electron chi connectivity index (χ0n) is 24.4. The Kier molecular flexibility index (Phi) is 10.6. The Hall–Kier alpha value is -1.92. The minimum Gasteiger partial charge on any atom is -0.508 e. The van der Waals surface area contributed by atoms with Gasteiger partial charge in [-0.1, -0.05) is 62.6 Å². The SMILES string of the molecule is CC12CCC3c4ccc(O)cc4CC(CCCCCCOCCOCCOCc4ccccc4)C3C1CCC2O. The third kappa shape index (κ3) is 7.10. The Balaban J connectivity index is 0.969. The number of hydrogen-bond donors (Lipinski definition) is 2. The third-order valence-electron chi connectivity index (χ3n) is 10.3. The topological polar surface area (TPSA) is 68.2 Å². The fraction of sp³-hybridized carbons (Fsp3) is 0.657. The van der Waals surface area contributed by atoms with E-state index in [1.807, 2.05) is 30.3 Å². The van der Waals surface area contributed by atoms with Crippen molar-refractivity contribution >= 4 is 0 Å². The van der Waals surface area contributed by atoms with Crippen molar-refractivity contribution in [2.75, 3.05) is 33.0 Å². The number of phenolic OH excluding ortho intramolecular Hbond substituents is 1. The smallest absolute Gasteiger partial charge is 0.115 e. The van der Waals surface area contributed by atoms with Crippen molar-refractivity contribution in [1.82, 2.24) is 0 Å². The van der Waals surface area contributed by atoms with E-state index in [4.69, 9.17) is 14.2 Å². The monoisotopic (exact) mass is 550 g/mol. The first-order chi connectivity index (χ1) is 19.6. The van der Waals surface area contributed by atoms with Crippen LogP contribution in [0.3, 0.4) is 0 Å². The van der Waals surface area contributed by atoms with Gasteiger partial charge in [-0.25, -0.2) is 0 Å². The van der Waals surface area contributed by atoms with Crippen LogP contribution in [0.5, 0.6) is 5.75 Å². The van der Waals surface area contributed by atoms with Crippen LogP contribution in [0.4, 0.5) is 0 Å². The van der Waals surface area contributed by atoms with E-state index in [1.54, 1.807) is 0 Å². The van der Waals surface area contributed by atoms with Crippen LogP contribution >= 0.6 is 0 Å². The van der Waals surface area contributed by atoms with Crippen LogP contribution < -0.4 is 0 Å². The number of unbranched alkanes of at least 4 members (excludes halogenated alkanes) is 3. The van der Waals surface area contributed by atoms with Crippen LogP contribution in [-0.2, 0) is 27.2 Å². The lowest BCUT2D eigenvalue weighted by molar-refractivity contribution is -0.0396. The molecule has 6 atom stereocenters. The van der Waals surface area contributed by atoms with Gasteiger partial charge in [0.2, 0.25) is 0 Å². The Labute approximate surface area is 241 Å². The summed E-state index contributed by atoms with van der Waals surface area (Å²) in [6, 6.07) is 16.3. The van der Waals surface area contributed by atoms with Crippen molar-refractivity contribution in [1.29, 1.82) is 0 Å². The minimum atomic E-state index is -0.140. The number of fused-ring (bicyclic) bond motifs is 5. The molecule has 40 heavy (non-hydrogen) atoms. The normalized spacial score (nSPS) is 29.1. The minimum absolute atomic E-state index is 0.0874. The molecule has 2 fully saturated rings. The maximum atomic E-state index is 10.9. The van der Waals surface area contributed by atoms with Gasteiger partial charge in [0.1, 0.15) is 5.75 Å². The number of aromatic hydroxyl groups is 1. The molecule has 0 radical (unpaired) electrons. The third-order valence-corrected chi connectivity index (χ3v) is 10.3. The predicted molar refractivity (Wildman–Crippen MR) is 158 cm³/mol. The molecule has 3 aliphatic rings. The summed E-state index contributed by atoms with van der Waals surface area (Å²) in [5, 5.41) is 21.0. The molecule has 2 saturated carbocycles. The summed E-state index contributed by atoms with van der Waals surface area (Å²) in [6.07, 6.45) is 11.4. The van der Waals surface area contributed by atoms with Crippen LogP contribution in [0.15, 0.2) is 48.5 Å². The van der Waals surface area contributed by atoms with Crippen LogP contribution in [-0.4, -0.2) is 49.4 Å². The molecular weight excluding hydrogens is 500 g/mol. The largest absolute Gasteiger partial charge is 0.508 e. The highest BCUT2D eigenvalue weighted by molar-refractivity contribution is 5.40. The van der Waals surface area contributed by atoms with Gasteiger partial charge in [0.05, 0.1) is 39.1 Å². The van der Waals surface area contributed by atoms with Gasteiger partial charge >= 0.3 is 0 Å². The lowest BCUT2D eigenvalue weighted by atomic mass is 9.52. The molecule has 0 heterocycles. The van der Waals surface area contributed by atoms with Gasteiger partial charge in [-0.2, -0.15) is 0 Å². The van der Waals surface area contributed by atoms with Crippen molar-refractivity contribution < 1.29 is 24.4 Å². The van der Waals surface area contributed by atoms with E-state index in [-0.39, 0.29) is 11.5 Å². The summed E-state index contributed by atoms with van der Waals surface area (Å²) in [5.74, 6) is 2.93. The van der Waals surface area contributed by atoms with Crippen molar-refractivity contribution in [2.45, 2.75) is 89.8 Å². The molecule has 0 aliphatic heterocycles. The van der Waals surface area contributed by atoms with Gasteiger partial charge in [-0.15, -0.1) is 0 Å². The maximum absolute atomic E-state index is 10.9. The van der Waals surface area contributed by atoms with E-state index in [2.05, 4.69) is 25.1 Å². The van der Waals surface area contributed by atoms with E-state index in [0.29, 0.717) is 62.5 Å².